The first-order valence-corrected chi connectivity index (χ1v) is 10.4. The van der Waals surface area contributed by atoms with Crippen LogP contribution in [0.15, 0.2) is 42.6 Å². The highest BCUT2D eigenvalue weighted by atomic mass is 16.5. The number of rotatable bonds is 10. The standard InChI is InChI=1S/C24H30N2O4/c1-17-13-19(26-16-21(17)23(25)30-12-11-29-2)14-20(27)15-22(24(28)9-6-10-24)18-7-4-3-5-8-18/h3-5,7-8,13,16,22,25,28H,6,9-12,14-15H2,1-2H3/t22-/m0/s1. The molecule has 1 aliphatic carbocycles. The van der Waals surface area contributed by atoms with E-state index in [4.69, 9.17) is 14.9 Å². The van der Waals surface area contributed by atoms with Gasteiger partial charge in [-0.3, -0.25) is 15.2 Å². The third-order valence-corrected chi connectivity index (χ3v) is 5.83. The van der Waals surface area contributed by atoms with Crippen LogP contribution in [0.3, 0.4) is 0 Å². The maximum Gasteiger partial charge on any atom is 0.215 e. The van der Waals surface area contributed by atoms with Gasteiger partial charge in [0.1, 0.15) is 12.4 Å². The fourth-order valence-electron chi connectivity index (χ4n) is 3.95. The number of methoxy groups -OCH3 is 1. The lowest BCUT2D eigenvalue weighted by molar-refractivity contribution is -0.122. The average molecular weight is 411 g/mol. The maximum absolute atomic E-state index is 12.9. The minimum absolute atomic E-state index is 0.0475. The number of ether oxygens (including phenoxy) is 2. The first kappa shape index (κ1) is 22.1. The number of pyridine rings is 1. The summed E-state index contributed by atoms with van der Waals surface area (Å²) in [6.07, 6.45) is 4.54. The van der Waals surface area contributed by atoms with Crippen LogP contribution in [-0.2, 0) is 20.7 Å². The molecule has 3 rings (SSSR count). The topological polar surface area (TPSA) is 92.5 Å². The SMILES string of the molecule is COCCOC(=N)c1cnc(CC(=O)C[C@@H](c2ccccc2)C2(O)CCC2)cc1C. The molecule has 2 aromatic rings. The normalized spacial score (nSPS) is 15.8. The van der Waals surface area contributed by atoms with Gasteiger partial charge in [-0.25, -0.2) is 0 Å². The summed E-state index contributed by atoms with van der Waals surface area (Å²) in [5.74, 6) is -0.0933. The fourth-order valence-corrected chi connectivity index (χ4v) is 3.95. The Morgan fingerprint density at radius 3 is 2.60 bits per heavy atom. The number of ketones is 1. The van der Waals surface area contributed by atoms with E-state index < -0.39 is 5.60 Å². The van der Waals surface area contributed by atoms with Crippen LogP contribution < -0.4 is 0 Å². The van der Waals surface area contributed by atoms with Crippen molar-refractivity contribution in [3.63, 3.8) is 0 Å². The van der Waals surface area contributed by atoms with Gasteiger partial charge in [-0.15, -0.1) is 0 Å². The van der Waals surface area contributed by atoms with E-state index in [9.17, 15) is 9.90 Å². The molecule has 0 spiro atoms. The van der Waals surface area contributed by atoms with E-state index in [2.05, 4.69) is 4.98 Å². The van der Waals surface area contributed by atoms with Gasteiger partial charge in [0.05, 0.1) is 17.8 Å². The zero-order valence-corrected chi connectivity index (χ0v) is 17.7. The van der Waals surface area contributed by atoms with Crippen molar-refractivity contribution < 1.29 is 19.4 Å². The number of carbonyl (C=O) groups excluding carboxylic acids is 1. The Bertz CT molecular complexity index is 878. The lowest BCUT2D eigenvalue weighted by Gasteiger charge is -2.43. The Hall–Kier alpha value is -2.57. The number of carbonyl (C=O) groups is 1. The van der Waals surface area contributed by atoms with Crippen LogP contribution in [0.25, 0.3) is 0 Å². The molecule has 1 aromatic heterocycles. The lowest BCUT2D eigenvalue weighted by atomic mass is 9.67. The molecule has 0 unspecified atom stereocenters. The van der Waals surface area contributed by atoms with Gasteiger partial charge < -0.3 is 14.6 Å². The van der Waals surface area contributed by atoms with Gasteiger partial charge in [-0.2, -0.15) is 0 Å². The number of aryl methyl sites for hydroxylation is 1. The Labute approximate surface area is 177 Å². The smallest absolute Gasteiger partial charge is 0.215 e. The van der Waals surface area contributed by atoms with Gasteiger partial charge in [0.2, 0.25) is 5.90 Å². The number of hydrogen-bond acceptors (Lipinski definition) is 6. The Kier molecular flexibility index (Phi) is 7.34. The van der Waals surface area contributed by atoms with Crippen molar-refractivity contribution >= 4 is 11.7 Å². The molecule has 1 fully saturated rings. The largest absolute Gasteiger partial charge is 0.475 e. The molecule has 0 aliphatic heterocycles. The summed E-state index contributed by atoms with van der Waals surface area (Å²) in [4.78, 5) is 17.2. The monoisotopic (exact) mass is 410 g/mol. The van der Waals surface area contributed by atoms with Gasteiger partial charge in [0, 0.05) is 37.8 Å². The van der Waals surface area contributed by atoms with Crippen LogP contribution >= 0.6 is 0 Å². The molecule has 6 heteroatoms. The second-order valence-corrected chi connectivity index (χ2v) is 8.00. The van der Waals surface area contributed by atoms with Crippen molar-refractivity contribution in [3.8, 4) is 0 Å². The van der Waals surface area contributed by atoms with Gasteiger partial charge in [0.25, 0.3) is 0 Å². The first-order chi connectivity index (χ1) is 14.4. The third-order valence-electron chi connectivity index (χ3n) is 5.83. The Balaban J connectivity index is 1.66. The summed E-state index contributed by atoms with van der Waals surface area (Å²) in [5, 5.41) is 19.0. The highest BCUT2D eigenvalue weighted by Gasteiger charge is 2.43. The predicted molar refractivity (Wildman–Crippen MR) is 115 cm³/mol. The van der Waals surface area contributed by atoms with Crippen LogP contribution in [0, 0.1) is 12.3 Å². The molecule has 2 N–H and O–H groups in total. The molecule has 0 radical (unpaired) electrons. The van der Waals surface area contributed by atoms with E-state index in [1.807, 2.05) is 43.3 Å². The number of hydrogen-bond donors (Lipinski definition) is 2. The summed E-state index contributed by atoms with van der Waals surface area (Å²) < 4.78 is 10.3. The zero-order chi connectivity index (χ0) is 21.6. The van der Waals surface area contributed by atoms with Crippen molar-refractivity contribution in [2.45, 2.75) is 50.5 Å². The molecule has 1 atom stereocenters. The zero-order valence-electron chi connectivity index (χ0n) is 17.7. The minimum atomic E-state index is -0.793. The third kappa shape index (κ3) is 5.32. The number of nitrogens with zero attached hydrogens (tertiary/aromatic N) is 1. The second kappa shape index (κ2) is 9.96. The number of nitrogens with one attached hydrogen (secondary N) is 1. The molecule has 0 saturated heterocycles. The van der Waals surface area contributed by atoms with Gasteiger partial charge >= 0.3 is 0 Å². The minimum Gasteiger partial charge on any atom is -0.475 e. The summed E-state index contributed by atoms with van der Waals surface area (Å²) in [6.45, 7) is 2.60. The molecule has 6 nitrogen and oxygen atoms in total. The predicted octanol–water partition coefficient (Wildman–Crippen LogP) is 3.58. The molecule has 160 valence electrons. The van der Waals surface area contributed by atoms with Crippen LogP contribution in [-0.4, -0.2) is 47.7 Å². The molecule has 1 aliphatic rings. The lowest BCUT2D eigenvalue weighted by Crippen LogP contribution is -2.44. The number of Topliss-reactive ketones (excluding diaryl/α,β-unsaturated/α-hetero) is 1. The quantitative estimate of drug-likeness (QED) is 0.355. The van der Waals surface area contributed by atoms with E-state index in [-0.39, 0.29) is 24.0 Å². The maximum atomic E-state index is 12.9. The number of aliphatic hydroxyl groups is 1. The van der Waals surface area contributed by atoms with Crippen LogP contribution in [0.5, 0.6) is 0 Å². The van der Waals surface area contributed by atoms with Gasteiger partial charge in [-0.1, -0.05) is 30.3 Å². The number of benzene rings is 1. The van der Waals surface area contributed by atoms with Crippen LogP contribution in [0.2, 0.25) is 0 Å². The molecule has 1 saturated carbocycles. The van der Waals surface area contributed by atoms with E-state index in [1.54, 1.807) is 13.3 Å². The van der Waals surface area contributed by atoms with Crippen LogP contribution in [0.1, 0.15) is 54.0 Å². The molecular formula is C24H30N2O4. The summed E-state index contributed by atoms with van der Waals surface area (Å²) in [5.41, 5.74) is 2.33. The van der Waals surface area contributed by atoms with Crippen molar-refractivity contribution in [1.29, 1.82) is 5.41 Å². The molecule has 1 aromatic carbocycles. The molecular weight excluding hydrogens is 380 g/mol. The second-order valence-electron chi connectivity index (χ2n) is 8.00. The van der Waals surface area contributed by atoms with Crippen molar-refractivity contribution in [2.75, 3.05) is 20.3 Å². The molecule has 0 bridgehead atoms. The molecule has 1 heterocycles. The van der Waals surface area contributed by atoms with Crippen molar-refractivity contribution in [3.05, 3.63) is 65.0 Å². The summed E-state index contributed by atoms with van der Waals surface area (Å²) >= 11 is 0. The van der Waals surface area contributed by atoms with Crippen molar-refractivity contribution in [2.24, 2.45) is 0 Å². The van der Waals surface area contributed by atoms with E-state index in [1.165, 1.54) is 0 Å². The van der Waals surface area contributed by atoms with Gasteiger partial charge in [-0.05, 0) is 43.4 Å². The fraction of sp³-hybridized carbons (Fsp3) is 0.458. The average Bonchev–Trinajstić information content (AvgIpc) is 2.71. The Morgan fingerprint density at radius 1 is 1.27 bits per heavy atom. The van der Waals surface area contributed by atoms with E-state index in [0.717, 1.165) is 30.4 Å². The number of aromatic nitrogens is 1. The van der Waals surface area contributed by atoms with Gasteiger partial charge in [0.15, 0.2) is 0 Å². The Morgan fingerprint density at radius 2 is 2.00 bits per heavy atom. The highest BCUT2D eigenvalue weighted by Crippen LogP contribution is 2.45. The molecule has 0 amide bonds. The van der Waals surface area contributed by atoms with Crippen LogP contribution in [0.4, 0.5) is 0 Å². The summed E-state index contributed by atoms with van der Waals surface area (Å²) in [7, 11) is 1.58. The van der Waals surface area contributed by atoms with E-state index in [0.29, 0.717) is 30.9 Å². The summed E-state index contributed by atoms with van der Waals surface area (Å²) in [6, 6.07) is 11.6. The highest BCUT2D eigenvalue weighted by molar-refractivity contribution is 5.93. The van der Waals surface area contributed by atoms with Crippen molar-refractivity contribution in [1.82, 2.24) is 4.98 Å². The first-order valence-electron chi connectivity index (χ1n) is 10.4. The van der Waals surface area contributed by atoms with E-state index >= 15 is 0 Å². The molecule has 30 heavy (non-hydrogen) atoms.